The van der Waals surface area contributed by atoms with Crippen molar-refractivity contribution in [1.82, 2.24) is 14.6 Å². The van der Waals surface area contributed by atoms with Crippen molar-refractivity contribution < 1.29 is 0 Å². The lowest BCUT2D eigenvalue weighted by atomic mass is 9.89. The van der Waals surface area contributed by atoms with E-state index in [1.165, 1.54) is 37.7 Å². The largest absolute Gasteiger partial charge is 0.370 e. The Morgan fingerprint density at radius 2 is 2.11 bits per heavy atom. The number of hydrogen-bond donors (Lipinski definition) is 1. The Labute approximate surface area is 107 Å². The van der Waals surface area contributed by atoms with E-state index >= 15 is 0 Å². The molecular weight excluding hydrogens is 224 g/mol. The van der Waals surface area contributed by atoms with Gasteiger partial charge in [-0.3, -0.25) is 0 Å². The highest BCUT2D eigenvalue weighted by molar-refractivity contribution is 5.51. The molecule has 4 nitrogen and oxygen atoms in total. The molecule has 0 radical (unpaired) electrons. The van der Waals surface area contributed by atoms with E-state index in [4.69, 9.17) is 0 Å². The first-order chi connectivity index (χ1) is 8.83. The summed E-state index contributed by atoms with van der Waals surface area (Å²) < 4.78 is 1.88. The summed E-state index contributed by atoms with van der Waals surface area (Å²) in [6, 6.07) is 4.20. The van der Waals surface area contributed by atoms with E-state index in [0.29, 0.717) is 0 Å². The topological polar surface area (TPSA) is 42.2 Å². The van der Waals surface area contributed by atoms with Gasteiger partial charge in [0.1, 0.15) is 12.1 Å². The van der Waals surface area contributed by atoms with E-state index in [0.717, 1.165) is 23.9 Å². The summed E-state index contributed by atoms with van der Waals surface area (Å²) in [5.41, 5.74) is 2.14. The number of pyridine rings is 1. The van der Waals surface area contributed by atoms with Gasteiger partial charge in [0.05, 0.1) is 0 Å². The third kappa shape index (κ3) is 2.33. The van der Waals surface area contributed by atoms with Gasteiger partial charge in [0.15, 0.2) is 5.65 Å². The van der Waals surface area contributed by atoms with Crippen molar-refractivity contribution in [1.29, 1.82) is 0 Å². The molecule has 1 fully saturated rings. The van der Waals surface area contributed by atoms with E-state index in [9.17, 15) is 0 Å². The Kier molecular flexibility index (Phi) is 3.17. The fourth-order valence-corrected chi connectivity index (χ4v) is 2.82. The van der Waals surface area contributed by atoms with Gasteiger partial charge in [-0.15, -0.1) is 0 Å². The molecule has 96 valence electrons. The first-order valence-corrected chi connectivity index (χ1v) is 6.87. The number of fused-ring (bicyclic) bond motifs is 1. The van der Waals surface area contributed by atoms with Crippen LogP contribution in [0.2, 0.25) is 0 Å². The lowest BCUT2D eigenvalue weighted by Gasteiger charge is -2.22. The number of nitrogens with zero attached hydrogens (tertiary/aromatic N) is 3. The zero-order valence-corrected chi connectivity index (χ0v) is 10.9. The molecule has 1 aliphatic rings. The Morgan fingerprint density at radius 3 is 2.94 bits per heavy atom. The minimum atomic E-state index is 0.817. The highest BCUT2D eigenvalue weighted by atomic mass is 15.3. The second-order valence-corrected chi connectivity index (χ2v) is 5.33. The summed E-state index contributed by atoms with van der Waals surface area (Å²) in [6.07, 6.45) is 8.52. The van der Waals surface area contributed by atoms with Crippen molar-refractivity contribution in [3.8, 4) is 0 Å². The number of rotatable bonds is 3. The van der Waals surface area contributed by atoms with Crippen LogP contribution >= 0.6 is 0 Å². The van der Waals surface area contributed by atoms with Gasteiger partial charge >= 0.3 is 0 Å². The molecule has 0 bridgehead atoms. The monoisotopic (exact) mass is 244 g/mol. The van der Waals surface area contributed by atoms with Gasteiger partial charge in [0.25, 0.3) is 0 Å². The molecule has 0 spiro atoms. The summed E-state index contributed by atoms with van der Waals surface area (Å²) in [4.78, 5) is 4.25. The lowest BCUT2D eigenvalue weighted by Crippen LogP contribution is -2.18. The maximum absolute atomic E-state index is 4.27. The van der Waals surface area contributed by atoms with E-state index in [1.807, 2.05) is 4.52 Å². The van der Waals surface area contributed by atoms with Crippen LogP contribution in [0.3, 0.4) is 0 Å². The Bertz CT molecular complexity index is 526. The van der Waals surface area contributed by atoms with Gasteiger partial charge in [-0.05, 0) is 43.4 Å². The highest BCUT2D eigenvalue weighted by Crippen LogP contribution is 2.24. The maximum atomic E-state index is 4.27. The average molecular weight is 244 g/mol. The Balaban J connectivity index is 1.75. The number of anilines is 1. The molecule has 2 aromatic rings. The van der Waals surface area contributed by atoms with Gasteiger partial charge in [-0.1, -0.05) is 19.3 Å². The normalized spacial score (nSPS) is 17.2. The van der Waals surface area contributed by atoms with Crippen LogP contribution in [0.25, 0.3) is 5.65 Å². The summed E-state index contributed by atoms with van der Waals surface area (Å²) in [6.45, 7) is 3.15. The summed E-state index contributed by atoms with van der Waals surface area (Å²) in [7, 11) is 0. The predicted molar refractivity (Wildman–Crippen MR) is 72.8 cm³/mol. The molecule has 1 saturated carbocycles. The summed E-state index contributed by atoms with van der Waals surface area (Å²) in [5.74, 6) is 1.88. The Hall–Kier alpha value is -1.58. The molecule has 2 aromatic heterocycles. The molecule has 0 unspecified atom stereocenters. The smallest absolute Gasteiger partial charge is 0.157 e. The van der Waals surface area contributed by atoms with Crippen molar-refractivity contribution in [2.24, 2.45) is 5.92 Å². The van der Waals surface area contributed by atoms with Gasteiger partial charge in [0, 0.05) is 6.54 Å². The van der Waals surface area contributed by atoms with E-state index in [1.54, 1.807) is 6.33 Å². The standard InChI is InChI=1S/C14H20N4/c1-11-7-13(18-14(8-11)16-10-17-18)15-9-12-5-3-2-4-6-12/h7-8,10,12,15H,2-6,9H2,1H3. The minimum Gasteiger partial charge on any atom is -0.370 e. The van der Waals surface area contributed by atoms with Crippen molar-refractivity contribution in [2.75, 3.05) is 11.9 Å². The van der Waals surface area contributed by atoms with E-state index in [-0.39, 0.29) is 0 Å². The molecule has 0 amide bonds. The maximum Gasteiger partial charge on any atom is 0.157 e. The molecule has 2 heterocycles. The molecule has 0 saturated heterocycles. The molecule has 1 aliphatic carbocycles. The number of aromatic nitrogens is 3. The number of aryl methyl sites for hydroxylation is 1. The first kappa shape index (κ1) is 11.5. The zero-order chi connectivity index (χ0) is 12.4. The van der Waals surface area contributed by atoms with Gasteiger partial charge in [-0.25, -0.2) is 4.98 Å². The van der Waals surface area contributed by atoms with Gasteiger partial charge < -0.3 is 5.32 Å². The molecule has 0 atom stereocenters. The summed E-state index contributed by atoms with van der Waals surface area (Å²) >= 11 is 0. The lowest BCUT2D eigenvalue weighted by molar-refractivity contribution is 0.373. The molecule has 0 aromatic carbocycles. The molecular formula is C14H20N4. The third-order valence-corrected chi connectivity index (χ3v) is 3.82. The fourth-order valence-electron chi connectivity index (χ4n) is 2.82. The first-order valence-electron chi connectivity index (χ1n) is 6.87. The molecule has 0 aliphatic heterocycles. The number of hydrogen-bond acceptors (Lipinski definition) is 3. The number of nitrogens with one attached hydrogen (secondary N) is 1. The van der Waals surface area contributed by atoms with Crippen molar-refractivity contribution in [3.05, 3.63) is 24.0 Å². The SMILES string of the molecule is Cc1cc(NCC2CCCCC2)n2ncnc2c1. The minimum absolute atomic E-state index is 0.817. The average Bonchev–Trinajstić information content (AvgIpc) is 2.85. The van der Waals surface area contributed by atoms with Crippen LogP contribution in [0.1, 0.15) is 37.7 Å². The molecule has 3 rings (SSSR count). The van der Waals surface area contributed by atoms with Crippen molar-refractivity contribution >= 4 is 11.5 Å². The van der Waals surface area contributed by atoms with Crippen LogP contribution in [0.15, 0.2) is 18.5 Å². The van der Waals surface area contributed by atoms with E-state index < -0.39 is 0 Å². The molecule has 18 heavy (non-hydrogen) atoms. The quantitative estimate of drug-likeness (QED) is 0.902. The third-order valence-electron chi connectivity index (χ3n) is 3.82. The van der Waals surface area contributed by atoms with Crippen molar-refractivity contribution in [3.63, 3.8) is 0 Å². The highest BCUT2D eigenvalue weighted by Gasteiger charge is 2.13. The zero-order valence-electron chi connectivity index (χ0n) is 10.9. The van der Waals surface area contributed by atoms with Crippen LogP contribution in [-0.2, 0) is 0 Å². The predicted octanol–water partition coefficient (Wildman–Crippen LogP) is 3.03. The van der Waals surface area contributed by atoms with Crippen LogP contribution in [0, 0.1) is 12.8 Å². The molecule has 1 N–H and O–H groups in total. The van der Waals surface area contributed by atoms with Crippen LogP contribution in [0.4, 0.5) is 5.82 Å². The van der Waals surface area contributed by atoms with E-state index in [2.05, 4.69) is 34.5 Å². The van der Waals surface area contributed by atoms with Crippen LogP contribution < -0.4 is 5.32 Å². The Morgan fingerprint density at radius 1 is 1.28 bits per heavy atom. The summed E-state index contributed by atoms with van der Waals surface area (Å²) in [5, 5.41) is 7.81. The van der Waals surface area contributed by atoms with Gasteiger partial charge in [0.2, 0.25) is 0 Å². The second kappa shape index (κ2) is 4.96. The van der Waals surface area contributed by atoms with Crippen molar-refractivity contribution in [2.45, 2.75) is 39.0 Å². The van der Waals surface area contributed by atoms with Crippen LogP contribution in [-0.4, -0.2) is 21.1 Å². The van der Waals surface area contributed by atoms with Crippen LogP contribution in [0.5, 0.6) is 0 Å². The second-order valence-electron chi connectivity index (χ2n) is 5.33. The van der Waals surface area contributed by atoms with Gasteiger partial charge in [-0.2, -0.15) is 9.61 Å². The fraction of sp³-hybridized carbons (Fsp3) is 0.571. The molecule has 4 heteroatoms.